The minimum Gasteiger partial charge on any atom is -0.321 e. The Hall–Kier alpha value is -1.10. The fourth-order valence-corrected chi connectivity index (χ4v) is 1.72. The van der Waals surface area contributed by atoms with Gasteiger partial charge < -0.3 is 14.7 Å². The summed E-state index contributed by atoms with van der Waals surface area (Å²) in [5.41, 5.74) is 0.112. The summed E-state index contributed by atoms with van der Waals surface area (Å²) in [5, 5.41) is 7.22. The van der Waals surface area contributed by atoms with Gasteiger partial charge in [0.25, 0.3) is 0 Å². The lowest BCUT2D eigenvalue weighted by Gasteiger charge is -2.37. The molecule has 0 aliphatic carbocycles. The number of anilines is 1. The lowest BCUT2D eigenvalue weighted by atomic mass is 10.0. The second-order valence-corrected chi connectivity index (χ2v) is 4.36. The number of hydrogen-bond donors (Lipinski definition) is 1. The lowest BCUT2D eigenvalue weighted by molar-refractivity contribution is 0.326. The normalized spacial score (nSPS) is 21.2. The van der Waals surface area contributed by atoms with Crippen molar-refractivity contribution in [3.63, 3.8) is 0 Å². The molecule has 0 amide bonds. The molecule has 5 nitrogen and oxygen atoms in total. The standard InChI is InChI=1S/C9H16N4O/c1-7-11-8(14-12-7)13-5-4-10-9(2,3)6-13/h10H,4-6H2,1-3H3. The van der Waals surface area contributed by atoms with Crippen LogP contribution in [0.4, 0.5) is 6.01 Å². The van der Waals surface area contributed by atoms with Crippen LogP contribution in [0.5, 0.6) is 0 Å². The zero-order chi connectivity index (χ0) is 10.2. The molecule has 1 aliphatic heterocycles. The van der Waals surface area contributed by atoms with Crippen LogP contribution in [-0.2, 0) is 0 Å². The molecule has 0 radical (unpaired) electrons. The number of hydrogen-bond acceptors (Lipinski definition) is 5. The van der Waals surface area contributed by atoms with Crippen molar-refractivity contribution >= 4 is 6.01 Å². The predicted molar refractivity (Wildman–Crippen MR) is 53.3 cm³/mol. The summed E-state index contributed by atoms with van der Waals surface area (Å²) in [4.78, 5) is 6.34. The molecule has 1 saturated heterocycles. The highest BCUT2D eigenvalue weighted by molar-refractivity contribution is 5.27. The molecule has 0 saturated carbocycles. The third-order valence-corrected chi connectivity index (χ3v) is 2.36. The first kappa shape index (κ1) is 9.45. The highest BCUT2D eigenvalue weighted by atomic mass is 16.5. The summed E-state index contributed by atoms with van der Waals surface area (Å²) in [6.07, 6.45) is 0. The number of aryl methyl sites for hydroxylation is 1. The number of piperazine rings is 1. The molecule has 1 aromatic rings. The number of nitrogens with zero attached hydrogens (tertiary/aromatic N) is 3. The summed E-state index contributed by atoms with van der Waals surface area (Å²) in [6.45, 7) is 8.94. The summed E-state index contributed by atoms with van der Waals surface area (Å²) in [7, 11) is 0. The highest BCUT2D eigenvalue weighted by Gasteiger charge is 2.28. The third-order valence-electron chi connectivity index (χ3n) is 2.36. The number of rotatable bonds is 1. The van der Waals surface area contributed by atoms with E-state index in [1.807, 2.05) is 6.92 Å². The van der Waals surface area contributed by atoms with Crippen LogP contribution in [0, 0.1) is 6.92 Å². The van der Waals surface area contributed by atoms with Gasteiger partial charge in [0.2, 0.25) is 0 Å². The van der Waals surface area contributed by atoms with Crippen molar-refractivity contribution in [1.82, 2.24) is 15.5 Å². The van der Waals surface area contributed by atoms with E-state index in [2.05, 4.69) is 34.2 Å². The first-order valence-electron chi connectivity index (χ1n) is 4.87. The monoisotopic (exact) mass is 196 g/mol. The van der Waals surface area contributed by atoms with Crippen LogP contribution in [0.15, 0.2) is 4.52 Å². The van der Waals surface area contributed by atoms with E-state index in [-0.39, 0.29) is 5.54 Å². The fourth-order valence-electron chi connectivity index (χ4n) is 1.72. The van der Waals surface area contributed by atoms with E-state index in [9.17, 15) is 0 Å². The maximum Gasteiger partial charge on any atom is 0.324 e. The highest BCUT2D eigenvalue weighted by Crippen LogP contribution is 2.17. The maximum atomic E-state index is 5.13. The van der Waals surface area contributed by atoms with Crippen molar-refractivity contribution in [1.29, 1.82) is 0 Å². The summed E-state index contributed by atoms with van der Waals surface area (Å²) >= 11 is 0. The van der Waals surface area contributed by atoms with Gasteiger partial charge in [0.15, 0.2) is 5.82 Å². The molecule has 1 aliphatic rings. The molecule has 0 bridgehead atoms. The van der Waals surface area contributed by atoms with Gasteiger partial charge in [-0.1, -0.05) is 5.16 Å². The van der Waals surface area contributed by atoms with Gasteiger partial charge in [0.1, 0.15) is 0 Å². The Morgan fingerprint density at radius 3 is 2.86 bits per heavy atom. The van der Waals surface area contributed by atoms with E-state index >= 15 is 0 Å². The van der Waals surface area contributed by atoms with Crippen LogP contribution in [-0.4, -0.2) is 35.3 Å². The van der Waals surface area contributed by atoms with Gasteiger partial charge in [0.05, 0.1) is 0 Å². The number of aromatic nitrogens is 2. The van der Waals surface area contributed by atoms with Gasteiger partial charge in [0, 0.05) is 25.2 Å². The van der Waals surface area contributed by atoms with Crippen molar-refractivity contribution in [2.24, 2.45) is 0 Å². The van der Waals surface area contributed by atoms with E-state index in [0.29, 0.717) is 11.8 Å². The molecule has 0 unspecified atom stereocenters. The molecule has 0 spiro atoms. The van der Waals surface area contributed by atoms with E-state index in [4.69, 9.17) is 4.52 Å². The summed E-state index contributed by atoms with van der Waals surface area (Å²) in [6, 6.07) is 0.636. The van der Waals surface area contributed by atoms with Crippen LogP contribution in [0.3, 0.4) is 0 Å². The predicted octanol–water partition coefficient (Wildman–Crippen LogP) is 0.566. The lowest BCUT2D eigenvalue weighted by Crippen LogP contribution is -2.57. The van der Waals surface area contributed by atoms with E-state index in [1.165, 1.54) is 0 Å². The van der Waals surface area contributed by atoms with Crippen molar-refractivity contribution in [2.75, 3.05) is 24.5 Å². The Morgan fingerprint density at radius 1 is 1.50 bits per heavy atom. The minimum absolute atomic E-state index is 0.112. The molecule has 2 heterocycles. The molecule has 0 atom stereocenters. The van der Waals surface area contributed by atoms with Crippen LogP contribution in [0.25, 0.3) is 0 Å². The van der Waals surface area contributed by atoms with Crippen molar-refractivity contribution in [3.8, 4) is 0 Å². The molecule has 1 aromatic heterocycles. The van der Waals surface area contributed by atoms with Crippen LogP contribution >= 0.6 is 0 Å². The van der Waals surface area contributed by atoms with Crippen LogP contribution in [0.1, 0.15) is 19.7 Å². The summed E-state index contributed by atoms with van der Waals surface area (Å²) < 4.78 is 5.13. The van der Waals surface area contributed by atoms with E-state index in [1.54, 1.807) is 0 Å². The van der Waals surface area contributed by atoms with Crippen LogP contribution < -0.4 is 10.2 Å². The molecule has 1 N–H and O–H groups in total. The SMILES string of the molecule is Cc1noc(N2CCNC(C)(C)C2)n1. The van der Waals surface area contributed by atoms with Gasteiger partial charge in [-0.25, -0.2) is 0 Å². The molecule has 5 heteroatoms. The Labute approximate surface area is 83.5 Å². The van der Waals surface area contributed by atoms with Crippen molar-refractivity contribution in [2.45, 2.75) is 26.3 Å². The molecule has 0 aromatic carbocycles. The Kier molecular flexibility index (Phi) is 2.19. The molecule has 78 valence electrons. The molecule has 14 heavy (non-hydrogen) atoms. The van der Waals surface area contributed by atoms with Gasteiger partial charge in [-0.15, -0.1) is 0 Å². The van der Waals surface area contributed by atoms with Crippen molar-refractivity contribution < 1.29 is 4.52 Å². The fraction of sp³-hybridized carbons (Fsp3) is 0.778. The largest absolute Gasteiger partial charge is 0.324 e. The van der Waals surface area contributed by atoms with Crippen LogP contribution in [0.2, 0.25) is 0 Å². The smallest absolute Gasteiger partial charge is 0.321 e. The third kappa shape index (κ3) is 1.87. The first-order valence-corrected chi connectivity index (χ1v) is 4.87. The zero-order valence-corrected chi connectivity index (χ0v) is 8.87. The Morgan fingerprint density at radius 2 is 2.29 bits per heavy atom. The molecular formula is C9H16N4O. The first-order chi connectivity index (χ1) is 6.57. The van der Waals surface area contributed by atoms with E-state index < -0.39 is 0 Å². The molecule has 2 rings (SSSR count). The Balaban J connectivity index is 2.12. The topological polar surface area (TPSA) is 54.2 Å². The average Bonchev–Trinajstić information content (AvgIpc) is 2.50. The second kappa shape index (κ2) is 3.24. The quantitative estimate of drug-likeness (QED) is 0.711. The Bertz CT molecular complexity index is 320. The zero-order valence-electron chi connectivity index (χ0n) is 8.87. The summed E-state index contributed by atoms with van der Waals surface area (Å²) in [5.74, 6) is 0.691. The molecular weight excluding hydrogens is 180 g/mol. The average molecular weight is 196 g/mol. The minimum atomic E-state index is 0.112. The second-order valence-electron chi connectivity index (χ2n) is 4.36. The number of nitrogens with one attached hydrogen (secondary N) is 1. The molecule has 1 fully saturated rings. The maximum absolute atomic E-state index is 5.13. The van der Waals surface area contributed by atoms with Gasteiger partial charge in [-0.05, 0) is 20.8 Å². The van der Waals surface area contributed by atoms with Gasteiger partial charge in [-0.3, -0.25) is 0 Å². The van der Waals surface area contributed by atoms with Crippen molar-refractivity contribution in [3.05, 3.63) is 5.82 Å². The van der Waals surface area contributed by atoms with Gasteiger partial charge >= 0.3 is 6.01 Å². The van der Waals surface area contributed by atoms with Gasteiger partial charge in [-0.2, -0.15) is 4.98 Å². The van der Waals surface area contributed by atoms with E-state index in [0.717, 1.165) is 19.6 Å².